The number of piperidine rings is 1. The minimum atomic E-state index is -3.43. The van der Waals surface area contributed by atoms with Crippen LogP contribution in [0.5, 0.6) is 0 Å². The van der Waals surface area contributed by atoms with Gasteiger partial charge in [-0.25, -0.2) is 13.1 Å². The Morgan fingerprint density at radius 1 is 1.50 bits per heavy atom. The minimum absolute atomic E-state index is 0.0915. The second-order valence-electron chi connectivity index (χ2n) is 4.77. The lowest BCUT2D eigenvalue weighted by Gasteiger charge is -2.32. The average Bonchev–Trinajstić information content (AvgIpc) is 2.93. The van der Waals surface area contributed by atoms with Crippen molar-refractivity contribution in [3.63, 3.8) is 0 Å². The van der Waals surface area contributed by atoms with E-state index in [2.05, 4.69) is 4.72 Å². The van der Waals surface area contributed by atoms with E-state index in [-0.39, 0.29) is 11.9 Å². The van der Waals surface area contributed by atoms with Gasteiger partial charge in [0.2, 0.25) is 15.9 Å². The molecule has 0 bridgehead atoms. The number of likely N-dealkylation sites (tertiary alicyclic amines) is 1. The van der Waals surface area contributed by atoms with E-state index in [1.165, 1.54) is 11.3 Å². The van der Waals surface area contributed by atoms with Gasteiger partial charge in [0, 0.05) is 19.1 Å². The van der Waals surface area contributed by atoms with E-state index in [9.17, 15) is 13.2 Å². The Hall–Kier alpha value is -0.630. The van der Waals surface area contributed by atoms with Crippen LogP contribution in [0.25, 0.3) is 0 Å². The molecule has 1 fully saturated rings. The first kappa shape index (κ1) is 15.8. The average molecular weight is 337 g/mol. The Kier molecular flexibility index (Phi) is 5.06. The molecule has 1 N–H and O–H groups in total. The van der Waals surface area contributed by atoms with Crippen LogP contribution in [-0.4, -0.2) is 43.7 Å². The topological polar surface area (TPSA) is 66.5 Å². The minimum Gasteiger partial charge on any atom is -0.341 e. The van der Waals surface area contributed by atoms with Gasteiger partial charge in [0.15, 0.2) is 0 Å². The number of nitrogens with zero attached hydrogens (tertiary/aromatic N) is 1. The van der Waals surface area contributed by atoms with Crippen molar-refractivity contribution in [2.24, 2.45) is 0 Å². The molecular formula is C12H17ClN2O3S2. The molecule has 0 aliphatic carbocycles. The van der Waals surface area contributed by atoms with Crippen molar-refractivity contribution in [3.8, 4) is 0 Å². The number of alkyl halides is 1. The monoisotopic (exact) mass is 336 g/mol. The summed E-state index contributed by atoms with van der Waals surface area (Å²) in [6.45, 7) is 2.72. The van der Waals surface area contributed by atoms with Crippen molar-refractivity contribution >= 4 is 38.9 Å². The van der Waals surface area contributed by atoms with Crippen LogP contribution in [0.1, 0.15) is 19.8 Å². The summed E-state index contributed by atoms with van der Waals surface area (Å²) in [6.07, 6.45) is 1.22. The fourth-order valence-electron chi connectivity index (χ4n) is 2.16. The van der Waals surface area contributed by atoms with Gasteiger partial charge in [-0.15, -0.1) is 22.9 Å². The van der Waals surface area contributed by atoms with E-state index in [4.69, 9.17) is 11.6 Å². The fourth-order valence-corrected chi connectivity index (χ4v) is 4.62. The standard InChI is InChI=1S/C12H17ClN2O3S2/c1-9(13)12(16)15-6-4-10(5-7-15)14-20(17,18)11-3-2-8-19-11/h2-3,8-10,14H,4-7H2,1H3. The molecule has 0 spiro atoms. The number of carbonyl (C=O) groups excluding carboxylic acids is 1. The first-order valence-corrected chi connectivity index (χ1v) is 9.19. The maximum atomic E-state index is 12.1. The Labute approximate surface area is 128 Å². The van der Waals surface area contributed by atoms with Crippen LogP contribution < -0.4 is 4.72 Å². The number of hydrogen-bond donors (Lipinski definition) is 1. The lowest BCUT2D eigenvalue weighted by Crippen LogP contribution is -2.47. The van der Waals surface area contributed by atoms with Gasteiger partial charge in [-0.2, -0.15) is 0 Å². The van der Waals surface area contributed by atoms with E-state index in [1.54, 1.807) is 29.3 Å². The summed E-state index contributed by atoms with van der Waals surface area (Å²) in [7, 11) is -3.43. The molecule has 112 valence electrons. The first-order chi connectivity index (χ1) is 9.40. The third kappa shape index (κ3) is 3.72. The van der Waals surface area contributed by atoms with E-state index in [0.717, 1.165) is 0 Å². The fraction of sp³-hybridized carbons (Fsp3) is 0.583. The van der Waals surface area contributed by atoms with Crippen LogP contribution >= 0.6 is 22.9 Å². The lowest BCUT2D eigenvalue weighted by atomic mass is 10.1. The van der Waals surface area contributed by atoms with Crippen molar-refractivity contribution in [2.75, 3.05) is 13.1 Å². The maximum Gasteiger partial charge on any atom is 0.250 e. The number of halogens is 1. The highest BCUT2D eigenvalue weighted by atomic mass is 35.5. The summed E-state index contributed by atoms with van der Waals surface area (Å²) in [6, 6.07) is 3.17. The molecule has 2 rings (SSSR count). The quantitative estimate of drug-likeness (QED) is 0.850. The zero-order chi connectivity index (χ0) is 14.8. The summed E-state index contributed by atoms with van der Waals surface area (Å²) >= 11 is 6.97. The highest BCUT2D eigenvalue weighted by Crippen LogP contribution is 2.19. The second-order valence-corrected chi connectivity index (χ2v) is 8.31. The van der Waals surface area contributed by atoms with E-state index < -0.39 is 15.4 Å². The largest absolute Gasteiger partial charge is 0.341 e. The lowest BCUT2D eigenvalue weighted by molar-refractivity contribution is -0.131. The van der Waals surface area contributed by atoms with Crippen molar-refractivity contribution in [1.82, 2.24) is 9.62 Å². The molecule has 1 atom stereocenters. The van der Waals surface area contributed by atoms with Gasteiger partial charge in [-0.3, -0.25) is 4.79 Å². The van der Waals surface area contributed by atoms with Crippen LogP contribution in [0.3, 0.4) is 0 Å². The highest BCUT2D eigenvalue weighted by Gasteiger charge is 2.28. The van der Waals surface area contributed by atoms with Crippen molar-refractivity contribution in [2.45, 2.75) is 35.4 Å². The molecule has 1 amide bonds. The van der Waals surface area contributed by atoms with Gasteiger partial charge in [0.1, 0.15) is 9.59 Å². The number of sulfonamides is 1. The SMILES string of the molecule is CC(Cl)C(=O)N1CCC(NS(=O)(=O)c2cccs2)CC1. The predicted molar refractivity (Wildman–Crippen MR) is 79.6 cm³/mol. The van der Waals surface area contributed by atoms with E-state index >= 15 is 0 Å². The second kappa shape index (κ2) is 6.43. The molecule has 20 heavy (non-hydrogen) atoms. The normalized spacial score (nSPS) is 19.0. The van der Waals surface area contributed by atoms with Gasteiger partial charge in [-0.1, -0.05) is 6.07 Å². The summed E-state index contributed by atoms with van der Waals surface area (Å²) in [5.74, 6) is -0.0915. The molecule has 2 heterocycles. The summed E-state index contributed by atoms with van der Waals surface area (Å²) in [4.78, 5) is 13.4. The number of nitrogens with one attached hydrogen (secondary N) is 1. The van der Waals surface area contributed by atoms with Crippen LogP contribution in [0.4, 0.5) is 0 Å². The molecule has 8 heteroatoms. The van der Waals surface area contributed by atoms with Crippen molar-refractivity contribution in [3.05, 3.63) is 17.5 Å². The molecule has 1 aliphatic heterocycles. The molecule has 0 aromatic carbocycles. The molecule has 1 saturated heterocycles. The van der Waals surface area contributed by atoms with Crippen molar-refractivity contribution in [1.29, 1.82) is 0 Å². The van der Waals surface area contributed by atoms with Gasteiger partial charge in [0.05, 0.1) is 0 Å². The molecule has 0 saturated carbocycles. The first-order valence-electron chi connectivity index (χ1n) is 6.39. The summed E-state index contributed by atoms with van der Waals surface area (Å²) in [5.41, 5.74) is 0. The number of rotatable bonds is 4. The van der Waals surface area contributed by atoms with Gasteiger partial charge < -0.3 is 4.90 Å². The Balaban J connectivity index is 1.91. The summed E-state index contributed by atoms with van der Waals surface area (Å²) in [5, 5.41) is 1.20. The molecule has 5 nitrogen and oxygen atoms in total. The molecular weight excluding hydrogens is 320 g/mol. The number of thiophene rings is 1. The highest BCUT2D eigenvalue weighted by molar-refractivity contribution is 7.91. The molecule has 1 aromatic rings. The zero-order valence-corrected chi connectivity index (χ0v) is 13.5. The van der Waals surface area contributed by atoms with Crippen LogP contribution in [0, 0.1) is 0 Å². The zero-order valence-electron chi connectivity index (χ0n) is 11.1. The molecule has 1 aromatic heterocycles. The van der Waals surface area contributed by atoms with Crippen LogP contribution in [0.2, 0.25) is 0 Å². The number of carbonyl (C=O) groups is 1. The summed E-state index contributed by atoms with van der Waals surface area (Å²) < 4.78 is 27.2. The Morgan fingerprint density at radius 2 is 2.15 bits per heavy atom. The van der Waals surface area contributed by atoms with Crippen molar-refractivity contribution < 1.29 is 13.2 Å². The number of hydrogen-bond acceptors (Lipinski definition) is 4. The Bertz CT molecular complexity index is 549. The molecule has 1 aliphatic rings. The Morgan fingerprint density at radius 3 is 2.65 bits per heavy atom. The van der Waals surface area contributed by atoms with E-state index in [0.29, 0.717) is 30.1 Å². The molecule has 1 unspecified atom stereocenters. The van der Waals surface area contributed by atoms with Gasteiger partial charge in [-0.05, 0) is 31.2 Å². The van der Waals surface area contributed by atoms with E-state index in [1.807, 2.05) is 0 Å². The van der Waals surface area contributed by atoms with Crippen LogP contribution in [0.15, 0.2) is 21.7 Å². The number of amides is 1. The smallest absolute Gasteiger partial charge is 0.250 e. The van der Waals surface area contributed by atoms with Gasteiger partial charge >= 0.3 is 0 Å². The predicted octanol–water partition coefficient (Wildman–Crippen LogP) is 1.64. The molecule has 0 radical (unpaired) electrons. The maximum absolute atomic E-state index is 12.1. The van der Waals surface area contributed by atoms with Crippen LogP contribution in [-0.2, 0) is 14.8 Å². The van der Waals surface area contributed by atoms with Gasteiger partial charge in [0.25, 0.3) is 0 Å². The third-order valence-corrected chi connectivity index (χ3v) is 6.33. The third-order valence-electron chi connectivity index (χ3n) is 3.23.